The molecule has 4 aromatic heterocycles. The van der Waals surface area contributed by atoms with E-state index in [1.807, 2.05) is 35.9 Å². The lowest BCUT2D eigenvalue weighted by Crippen LogP contribution is -2.37. The standard InChI is InChI=1S/C22H23N5O3S/c1-4-8-27-18(11-16-20(27)25(2)22(30)26(3)21(16)29)19(28)24-12-14-5-7-23-17(10-14)15-6-9-31-13-15/h5-7,9-11,13H,4,8,12H2,1-3H3,(H,24,28). The van der Waals surface area contributed by atoms with Gasteiger partial charge >= 0.3 is 5.69 Å². The summed E-state index contributed by atoms with van der Waals surface area (Å²) in [4.78, 5) is 42.4. The predicted octanol–water partition coefficient (Wildman–Crippen LogP) is 2.50. The molecule has 0 spiro atoms. The summed E-state index contributed by atoms with van der Waals surface area (Å²) in [6.07, 6.45) is 2.48. The zero-order valence-corrected chi connectivity index (χ0v) is 18.4. The maximum Gasteiger partial charge on any atom is 0.332 e. The van der Waals surface area contributed by atoms with E-state index in [1.165, 1.54) is 11.6 Å². The molecule has 0 aliphatic rings. The molecule has 0 bridgehead atoms. The molecule has 4 heterocycles. The van der Waals surface area contributed by atoms with E-state index in [1.54, 1.807) is 35.2 Å². The largest absolute Gasteiger partial charge is 0.347 e. The summed E-state index contributed by atoms with van der Waals surface area (Å²) in [5.41, 5.74) is 2.82. The minimum Gasteiger partial charge on any atom is -0.347 e. The second-order valence-corrected chi connectivity index (χ2v) is 8.15. The summed E-state index contributed by atoms with van der Waals surface area (Å²) >= 11 is 1.60. The Labute approximate surface area is 182 Å². The number of amides is 1. The number of carbonyl (C=O) groups is 1. The van der Waals surface area contributed by atoms with E-state index in [4.69, 9.17) is 0 Å². The van der Waals surface area contributed by atoms with Gasteiger partial charge in [0.25, 0.3) is 11.5 Å². The van der Waals surface area contributed by atoms with Gasteiger partial charge in [-0.25, -0.2) is 4.79 Å². The van der Waals surface area contributed by atoms with Crippen molar-refractivity contribution in [3.63, 3.8) is 0 Å². The summed E-state index contributed by atoms with van der Waals surface area (Å²) in [7, 11) is 3.05. The molecule has 0 aromatic carbocycles. The molecule has 0 unspecified atom stereocenters. The first-order chi connectivity index (χ1) is 14.9. The number of hydrogen-bond donors (Lipinski definition) is 1. The number of rotatable bonds is 6. The molecule has 0 aliphatic carbocycles. The van der Waals surface area contributed by atoms with Crippen LogP contribution < -0.4 is 16.6 Å². The normalized spacial score (nSPS) is 11.2. The number of nitrogens with one attached hydrogen (secondary N) is 1. The number of thiophene rings is 1. The Bertz CT molecular complexity index is 1380. The monoisotopic (exact) mass is 437 g/mol. The highest BCUT2D eigenvalue weighted by Crippen LogP contribution is 2.21. The molecule has 0 radical (unpaired) electrons. The van der Waals surface area contributed by atoms with E-state index in [0.717, 1.165) is 27.8 Å². The Kier molecular flexibility index (Phi) is 5.60. The van der Waals surface area contributed by atoms with E-state index in [-0.39, 0.29) is 5.91 Å². The lowest BCUT2D eigenvalue weighted by molar-refractivity contribution is 0.0942. The van der Waals surface area contributed by atoms with Gasteiger partial charge in [0.1, 0.15) is 11.3 Å². The van der Waals surface area contributed by atoms with Crippen LogP contribution in [0.25, 0.3) is 22.3 Å². The first kappa shape index (κ1) is 20.8. The van der Waals surface area contributed by atoms with Crippen LogP contribution >= 0.6 is 11.3 Å². The number of carbonyl (C=O) groups excluding carboxylic acids is 1. The summed E-state index contributed by atoms with van der Waals surface area (Å²) in [6.45, 7) is 2.82. The number of pyridine rings is 1. The third-order valence-corrected chi connectivity index (χ3v) is 5.95. The third kappa shape index (κ3) is 3.72. The zero-order valence-electron chi connectivity index (χ0n) is 17.6. The van der Waals surface area contributed by atoms with Gasteiger partial charge in [-0.2, -0.15) is 11.3 Å². The Morgan fingerprint density at radius 2 is 1.97 bits per heavy atom. The molecule has 1 N–H and O–H groups in total. The topological polar surface area (TPSA) is 90.9 Å². The van der Waals surface area contributed by atoms with E-state index < -0.39 is 11.2 Å². The maximum atomic E-state index is 13.0. The predicted molar refractivity (Wildman–Crippen MR) is 121 cm³/mol. The van der Waals surface area contributed by atoms with Crippen molar-refractivity contribution in [2.24, 2.45) is 14.1 Å². The maximum absolute atomic E-state index is 13.0. The van der Waals surface area contributed by atoms with Gasteiger partial charge in [0.05, 0.1) is 11.1 Å². The van der Waals surface area contributed by atoms with E-state index >= 15 is 0 Å². The number of nitrogens with zero attached hydrogens (tertiary/aromatic N) is 4. The van der Waals surface area contributed by atoms with Gasteiger partial charge in [-0.1, -0.05) is 6.92 Å². The number of aromatic nitrogens is 4. The second-order valence-electron chi connectivity index (χ2n) is 7.37. The highest BCUT2D eigenvalue weighted by Gasteiger charge is 2.20. The van der Waals surface area contributed by atoms with Crippen molar-refractivity contribution < 1.29 is 4.79 Å². The average molecular weight is 438 g/mol. The molecule has 0 saturated carbocycles. The molecule has 0 saturated heterocycles. The lowest BCUT2D eigenvalue weighted by Gasteiger charge is -2.12. The lowest BCUT2D eigenvalue weighted by atomic mass is 10.1. The van der Waals surface area contributed by atoms with Gasteiger partial charge in [0, 0.05) is 44.3 Å². The van der Waals surface area contributed by atoms with Crippen LogP contribution in [0.4, 0.5) is 0 Å². The second kappa shape index (κ2) is 8.35. The fourth-order valence-corrected chi connectivity index (χ4v) is 4.35. The van der Waals surface area contributed by atoms with Gasteiger partial charge in [-0.15, -0.1) is 0 Å². The molecule has 160 valence electrons. The minimum atomic E-state index is -0.419. The first-order valence-corrected chi connectivity index (χ1v) is 10.9. The molecule has 0 fully saturated rings. The van der Waals surface area contributed by atoms with Gasteiger partial charge in [0.15, 0.2) is 0 Å². The Morgan fingerprint density at radius 1 is 1.16 bits per heavy atom. The molecule has 4 aromatic rings. The molecular formula is C22H23N5O3S. The zero-order chi connectivity index (χ0) is 22.1. The fraction of sp³-hybridized carbons (Fsp3) is 0.273. The quantitative estimate of drug-likeness (QED) is 0.502. The van der Waals surface area contributed by atoms with Crippen molar-refractivity contribution in [2.45, 2.75) is 26.4 Å². The molecule has 0 aliphatic heterocycles. The van der Waals surface area contributed by atoms with E-state index in [2.05, 4.69) is 10.3 Å². The number of hydrogen-bond acceptors (Lipinski definition) is 5. The van der Waals surface area contributed by atoms with Gasteiger partial charge in [-0.05, 0) is 41.6 Å². The molecular weight excluding hydrogens is 414 g/mol. The number of aryl methyl sites for hydroxylation is 2. The van der Waals surface area contributed by atoms with E-state index in [9.17, 15) is 14.4 Å². The van der Waals surface area contributed by atoms with Crippen LogP contribution in [-0.4, -0.2) is 24.6 Å². The van der Waals surface area contributed by atoms with Crippen molar-refractivity contribution in [1.82, 2.24) is 24.0 Å². The highest BCUT2D eigenvalue weighted by atomic mass is 32.1. The van der Waals surface area contributed by atoms with Crippen molar-refractivity contribution in [2.75, 3.05) is 0 Å². The van der Waals surface area contributed by atoms with Crippen LogP contribution in [0.5, 0.6) is 0 Å². The third-order valence-electron chi connectivity index (χ3n) is 5.27. The Morgan fingerprint density at radius 3 is 2.68 bits per heavy atom. The molecule has 31 heavy (non-hydrogen) atoms. The Hall–Kier alpha value is -3.46. The molecule has 9 heteroatoms. The van der Waals surface area contributed by atoms with E-state index in [0.29, 0.717) is 29.8 Å². The van der Waals surface area contributed by atoms with Crippen molar-refractivity contribution in [3.05, 3.63) is 73.3 Å². The first-order valence-electron chi connectivity index (χ1n) is 9.97. The molecule has 0 atom stereocenters. The highest BCUT2D eigenvalue weighted by molar-refractivity contribution is 7.08. The van der Waals surface area contributed by atoms with Crippen LogP contribution in [0.1, 0.15) is 29.4 Å². The smallest absolute Gasteiger partial charge is 0.332 e. The van der Waals surface area contributed by atoms with Crippen molar-refractivity contribution >= 4 is 28.3 Å². The summed E-state index contributed by atoms with van der Waals surface area (Å²) in [5, 5.41) is 7.31. The van der Waals surface area contributed by atoms with Gasteiger partial charge in [0.2, 0.25) is 0 Å². The fourth-order valence-electron chi connectivity index (χ4n) is 3.70. The molecule has 4 rings (SSSR count). The van der Waals surface area contributed by atoms with Crippen LogP contribution in [0, 0.1) is 0 Å². The summed E-state index contributed by atoms with van der Waals surface area (Å²) < 4.78 is 4.22. The van der Waals surface area contributed by atoms with Crippen LogP contribution in [0.3, 0.4) is 0 Å². The molecule has 1 amide bonds. The number of fused-ring (bicyclic) bond motifs is 1. The van der Waals surface area contributed by atoms with Crippen molar-refractivity contribution in [1.29, 1.82) is 0 Å². The van der Waals surface area contributed by atoms with Gasteiger partial charge in [-0.3, -0.25) is 23.7 Å². The van der Waals surface area contributed by atoms with Crippen LogP contribution in [-0.2, 0) is 27.2 Å². The molecule has 8 nitrogen and oxygen atoms in total. The van der Waals surface area contributed by atoms with Gasteiger partial charge < -0.3 is 9.88 Å². The van der Waals surface area contributed by atoms with Crippen molar-refractivity contribution in [3.8, 4) is 11.3 Å². The van der Waals surface area contributed by atoms with Crippen LogP contribution in [0.15, 0.2) is 50.8 Å². The Balaban J connectivity index is 1.67. The summed E-state index contributed by atoms with van der Waals surface area (Å²) in [5.74, 6) is -0.298. The SMILES string of the molecule is CCCn1c(C(=O)NCc2ccnc(-c3ccsc3)c2)cc2c(=O)n(C)c(=O)n(C)c21. The minimum absolute atomic E-state index is 0.298. The average Bonchev–Trinajstić information content (AvgIpc) is 3.44. The van der Waals surface area contributed by atoms with Crippen LogP contribution in [0.2, 0.25) is 0 Å². The summed E-state index contributed by atoms with van der Waals surface area (Å²) in [6, 6.07) is 7.38.